The van der Waals surface area contributed by atoms with Gasteiger partial charge in [-0.2, -0.15) is 5.10 Å². The van der Waals surface area contributed by atoms with Gasteiger partial charge in [0.1, 0.15) is 22.7 Å². The molecule has 3 aromatic rings. The fourth-order valence-corrected chi connectivity index (χ4v) is 4.69. The van der Waals surface area contributed by atoms with Crippen LogP contribution < -0.4 is 30.3 Å². The van der Waals surface area contributed by atoms with Gasteiger partial charge in [-0.15, -0.1) is 5.10 Å². The molecule has 1 aromatic heterocycles. The highest BCUT2D eigenvalue weighted by Gasteiger charge is 2.22. The number of rotatable bonds is 6. The van der Waals surface area contributed by atoms with E-state index in [1.165, 1.54) is 0 Å². The highest BCUT2D eigenvalue weighted by atomic mass is 31.1. The minimum atomic E-state index is -0.917. The van der Waals surface area contributed by atoms with Crippen molar-refractivity contribution in [2.75, 3.05) is 21.3 Å². The van der Waals surface area contributed by atoms with Crippen LogP contribution in [0.25, 0.3) is 0 Å². The van der Waals surface area contributed by atoms with Gasteiger partial charge in [0.25, 0.3) is 0 Å². The van der Waals surface area contributed by atoms with Crippen LogP contribution in [0.4, 0.5) is 0 Å². The highest BCUT2D eigenvalue weighted by Crippen LogP contribution is 2.36. The highest BCUT2D eigenvalue weighted by molar-refractivity contribution is 7.79. The standard InChI is InChI=1S/C19H19N2O3P/c1-22-14-4-8-16(9-5-14)25(17-10-6-15(23-2)7-11-17)19-18(24-3)12-13-20-21-19/h4-13H,1-3H3. The van der Waals surface area contributed by atoms with Crippen molar-refractivity contribution >= 4 is 24.0 Å². The lowest BCUT2D eigenvalue weighted by atomic mass is 10.3. The molecule has 0 atom stereocenters. The molecule has 0 saturated heterocycles. The average Bonchev–Trinajstić information content (AvgIpc) is 2.69. The van der Waals surface area contributed by atoms with E-state index in [1.54, 1.807) is 27.5 Å². The quantitative estimate of drug-likeness (QED) is 0.636. The second-order valence-electron chi connectivity index (χ2n) is 5.15. The van der Waals surface area contributed by atoms with Crippen LogP contribution >= 0.6 is 7.92 Å². The predicted octanol–water partition coefficient (Wildman–Crippen LogP) is 2.26. The molecule has 0 spiro atoms. The molecule has 2 aromatic carbocycles. The molecule has 0 aliphatic rings. The molecule has 5 nitrogen and oxygen atoms in total. The lowest BCUT2D eigenvalue weighted by molar-refractivity contribution is 0.415. The zero-order chi connectivity index (χ0) is 17.6. The van der Waals surface area contributed by atoms with E-state index in [4.69, 9.17) is 14.2 Å². The van der Waals surface area contributed by atoms with E-state index in [9.17, 15) is 0 Å². The van der Waals surface area contributed by atoms with Crippen molar-refractivity contribution in [2.24, 2.45) is 0 Å². The van der Waals surface area contributed by atoms with Crippen molar-refractivity contribution in [1.82, 2.24) is 10.2 Å². The van der Waals surface area contributed by atoms with Crippen molar-refractivity contribution in [3.8, 4) is 17.2 Å². The van der Waals surface area contributed by atoms with E-state index in [0.29, 0.717) is 0 Å². The monoisotopic (exact) mass is 354 g/mol. The Morgan fingerprint density at radius 1 is 0.680 bits per heavy atom. The molecule has 1 heterocycles. The van der Waals surface area contributed by atoms with Gasteiger partial charge in [0, 0.05) is 14.0 Å². The second-order valence-corrected chi connectivity index (χ2v) is 7.28. The van der Waals surface area contributed by atoms with Crippen molar-refractivity contribution < 1.29 is 14.2 Å². The van der Waals surface area contributed by atoms with Gasteiger partial charge < -0.3 is 14.2 Å². The van der Waals surface area contributed by atoms with E-state index in [1.807, 2.05) is 30.3 Å². The topological polar surface area (TPSA) is 53.5 Å². The molecule has 0 radical (unpaired) electrons. The third-order valence-corrected chi connectivity index (χ3v) is 6.12. The van der Waals surface area contributed by atoms with Crippen LogP contribution in [0.3, 0.4) is 0 Å². The molecule has 0 N–H and O–H groups in total. The smallest absolute Gasteiger partial charge is 0.148 e. The Morgan fingerprint density at radius 2 is 1.20 bits per heavy atom. The lowest BCUT2D eigenvalue weighted by Gasteiger charge is -2.20. The van der Waals surface area contributed by atoms with Crippen LogP contribution in [0.2, 0.25) is 0 Å². The maximum absolute atomic E-state index is 5.52. The summed E-state index contributed by atoms with van der Waals surface area (Å²) in [5, 5.41) is 10.7. The van der Waals surface area contributed by atoms with Crippen molar-refractivity contribution in [2.45, 2.75) is 0 Å². The van der Waals surface area contributed by atoms with Crippen LogP contribution in [-0.4, -0.2) is 31.5 Å². The number of nitrogens with zero attached hydrogens (tertiary/aromatic N) is 2. The molecule has 0 amide bonds. The summed E-state index contributed by atoms with van der Waals surface area (Å²) in [6, 6.07) is 17.9. The largest absolute Gasteiger partial charge is 0.497 e. The summed E-state index contributed by atoms with van der Waals surface area (Å²) in [5.41, 5.74) is 0.829. The minimum absolute atomic E-state index is 0.729. The van der Waals surface area contributed by atoms with Crippen LogP contribution in [0.15, 0.2) is 60.8 Å². The summed E-state index contributed by atoms with van der Waals surface area (Å²) < 4.78 is 16.1. The van der Waals surface area contributed by atoms with Gasteiger partial charge in [-0.1, -0.05) is 24.3 Å². The Balaban J connectivity index is 2.12. The van der Waals surface area contributed by atoms with E-state index >= 15 is 0 Å². The maximum atomic E-state index is 5.52. The summed E-state index contributed by atoms with van der Waals surface area (Å²) in [5.74, 6) is 2.37. The molecule has 3 rings (SSSR count). The van der Waals surface area contributed by atoms with E-state index in [-0.39, 0.29) is 0 Å². The SMILES string of the molecule is COc1ccc(P(c2ccc(OC)cc2)c2nnccc2OC)cc1. The molecule has 128 valence electrons. The molecule has 6 heteroatoms. The first kappa shape index (κ1) is 17.2. The van der Waals surface area contributed by atoms with Crippen molar-refractivity contribution in [3.63, 3.8) is 0 Å². The minimum Gasteiger partial charge on any atom is -0.497 e. The Hall–Kier alpha value is -2.65. The van der Waals surface area contributed by atoms with Crippen LogP contribution in [-0.2, 0) is 0 Å². The van der Waals surface area contributed by atoms with Gasteiger partial charge in [0.2, 0.25) is 0 Å². The molecule has 0 saturated carbocycles. The first-order valence-corrected chi connectivity index (χ1v) is 9.05. The molecule has 0 fully saturated rings. The van der Waals surface area contributed by atoms with Gasteiger partial charge in [-0.3, -0.25) is 0 Å². The molecule has 0 aliphatic heterocycles. The summed E-state index contributed by atoms with van der Waals surface area (Å²) in [4.78, 5) is 0. The Morgan fingerprint density at radius 3 is 1.64 bits per heavy atom. The average molecular weight is 354 g/mol. The van der Waals surface area contributed by atoms with Gasteiger partial charge in [-0.25, -0.2) is 0 Å². The number of hydrogen-bond acceptors (Lipinski definition) is 5. The first-order valence-electron chi connectivity index (χ1n) is 7.70. The summed E-state index contributed by atoms with van der Waals surface area (Å²) in [6.07, 6.45) is 1.64. The number of hydrogen-bond donors (Lipinski definition) is 0. The number of methoxy groups -OCH3 is 3. The number of ether oxygens (including phenoxy) is 3. The van der Waals surface area contributed by atoms with Crippen LogP contribution in [0.1, 0.15) is 0 Å². The molecule has 0 aliphatic carbocycles. The van der Waals surface area contributed by atoms with Gasteiger partial charge in [-0.05, 0) is 34.9 Å². The summed E-state index contributed by atoms with van der Waals surface area (Å²) >= 11 is 0. The maximum Gasteiger partial charge on any atom is 0.148 e. The van der Waals surface area contributed by atoms with Gasteiger partial charge in [0.05, 0.1) is 27.5 Å². The first-order chi connectivity index (χ1) is 12.3. The molecular formula is C19H19N2O3P. The normalized spacial score (nSPS) is 10.6. The second kappa shape index (κ2) is 7.95. The van der Waals surface area contributed by atoms with Crippen LogP contribution in [0, 0.1) is 0 Å². The Kier molecular flexibility index (Phi) is 5.46. The van der Waals surface area contributed by atoms with Gasteiger partial charge >= 0.3 is 0 Å². The van der Waals surface area contributed by atoms with Gasteiger partial charge in [0.15, 0.2) is 0 Å². The number of benzene rings is 2. The molecule has 25 heavy (non-hydrogen) atoms. The Bertz CT molecular complexity index is 775. The van der Waals surface area contributed by atoms with E-state index in [2.05, 4.69) is 34.5 Å². The lowest BCUT2D eigenvalue weighted by Crippen LogP contribution is -2.24. The van der Waals surface area contributed by atoms with Crippen molar-refractivity contribution in [1.29, 1.82) is 0 Å². The molecule has 0 bridgehead atoms. The summed E-state index contributed by atoms with van der Waals surface area (Å²) in [7, 11) is 4.05. The zero-order valence-corrected chi connectivity index (χ0v) is 15.2. The number of aromatic nitrogens is 2. The zero-order valence-electron chi connectivity index (χ0n) is 14.3. The predicted molar refractivity (Wildman–Crippen MR) is 100 cm³/mol. The fraction of sp³-hybridized carbons (Fsp3) is 0.158. The fourth-order valence-electron chi connectivity index (χ4n) is 2.48. The molecule has 0 unspecified atom stereocenters. The molecular weight excluding hydrogens is 335 g/mol. The summed E-state index contributed by atoms with van der Waals surface area (Å²) in [6.45, 7) is 0. The third kappa shape index (κ3) is 3.72. The van der Waals surface area contributed by atoms with E-state index < -0.39 is 7.92 Å². The Labute approximate surface area is 148 Å². The van der Waals surface area contributed by atoms with Crippen molar-refractivity contribution in [3.05, 3.63) is 60.8 Å². The van der Waals surface area contributed by atoms with Crippen LogP contribution in [0.5, 0.6) is 17.2 Å². The van der Waals surface area contributed by atoms with E-state index in [0.717, 1.165) is 33.3 Å². The third-order valence-electron chi connectivity index (χ3n) is 3.76.